The van der Waals surface area contributed by atoms with Crippen LogP contribution >= 0.6 is 11.8 Å². The summed E-state index contributed by atoms with van der Waals surface area (Å²) >= 11 is 1.81. The monoisotopic (exact) mass is 281 g/mol. The lowest BCUT2D eigenvalue weighted by Gasteiger charge is -2.27. The zero-order chi connectivity index (χ0) is 13.8. The molecule has 0 atom stereocenters. The van der Waals surface area contributed by atoms with E-state index < -0.39 is 4.92 Å². The van der Waals surface area contributed by atoms with E-state index in [0.717, 1.165) is 11.5 Å². The van der Waals surface area contributed by atoms with Crippen molar-refractivity contribution in [2.75, 3.05) is 37.0 Å². The van der Waals surface area contributed by atoms with Crippen molar-refractivity contribution in [1.82, 2.24) is 4.90 Å². The Labute approximate surface area is 115 Å². The minimum atomic E-state index is -0.478. The van der Waals surface area contributed by atoms with Gasteiger partial charge in [-0.25, -0.2) is 0 Å². The lowest BCUT2D eigenvalue weighted by atomic mass is 10.1. The molecule has 2 rings (SSSR count). The standard InChI is InChI=1S/C12H15N3O3S/c1-13-11-9(3-2-4-10(11)15(17)18)12(16)14-5-7-19-8-6-14/h2-4,13H,5-8H2,1H3. The Hall–Kier alpha value is -1.76. The maximum absolute atomic E-state index is 12.4. The van der Waals surface area contributed by atoms with Crippen LogP contribution in [0, 0.1) is 10.1 Å². The van der Waals surface area contributed by atoms with E-state index in [1.165, 1.54) is 6.07 Å². The summed E-state index contributed by atoms with van der Waals surface area (Å²) in [6.45, 7) is 1.38. The third kappa shape index (κ3) is 2.81. The summed E-state index contributed by atoms with van der Waals surface area (Å²) < 4.78 is 0. The van der Waals surface area contributed by atoms with Crippen LogP contribution in [-0.2, 0) is 0 Å². The predicted molar refractivity (Wildman–Crippen MR) is 75.9 cm³/mol. The Morgan fingerprint density at radius 2 is 2.11 bits per heavy atom. The number of amides is 1. The van der Waals surface area contributed by atoms with Crippen LogP contribution in [0.4, 0.5) is 11.4 Å². The molecule has 1 fully saturated rings. The van der Waals surface area contributed by atoms with Gasteiger partial charge in [0.1, 0.15) is 5.69 Å². The largest absolute Gasteiger partial charge is 0.382 e. The van der Waals surface area contributed by atoms with Crippen LogP contribution in [0.25, 0.3) is 0 Å². The van der Waals surface area contributed by atoms with Crippen molar-refractivity contribution in [3.05, 3.63) is 33.9 Å². The molecule has 0 aliphatic carbocycles. The smallest absolute Gasteiger partial charge is 0.293 e. The number of anilines is 1. The predicted octanol–water partition coefficient (Wildman–Crippen LogP) is 1.83. The van der Waals surface area contributed by atoms with Crippen LogP contribution in [0.3, 0.4) is 0 Å². The van der Waals surface area contributed by atoms with Crippen molar-refractivity contribution in [3.63, 3.8) is 0 Å². The van der Waals surface area contributed by atoms with E-state index in [0.29, 0.717) is 18.7 Å². The summed E-state index contributed by atoms with van der Waals surface area (Å²) in [6.07, 6.45) is 0. The molecule has 0 spiro atoms. The maximum atomic E-state index is 12.4. The van der Waals surface area contributed by atoms with E-state index >= 15 is 0 Å². The fraction of sp³-hybridized carbons (Fsp3) is 0.417. The average Bonchev–Trinajstić information content (AvgIpc) is 2.46. The highest BCUT2D eigenvalue weighted by Crippen LogP contribution is 2.29. The second-order valence-corrected chi connectivity index (χ2v) is 5.34. The van der Waals surface area contributed by atoms with Crippen molar-refractivity contribution in [1.29, 1.82) is 0 Å². The highest BCUT2D eigenvalue weighted by molar-refractivity contribution is 7.99. The molecule has 1 aliphatic rings. The summed E-state index contributed by atoms with van der Waals surface area (Å²) in [6, 6.07) is 4.57. The molecule has 19 heavy (non-hydrogen) atoms. The number of hydrogen-bond donors (Lipinski definition) is 1. The number of benzene rings is 1. The summed E-state index contributed by atoms with van der Waals surface area (Å²) in [7, 11) is 1.59. The first kappa shape index (κ1) is 13.7. The summed E-state index contributed by atoms with van der Waals surface area (Å²) in [5, 5.41) is 13.7. The van der Waals surface area contributed by atoms with Crippen LogP contribution in [-0.4, -0.2) is 47.4 Å². The molecule has 1 aromatic rings. The topological polar surface area (TPSA) is 75.5 Å². The van der Waals surface area contributed by atoms with Crippen LogP contribution in [0.1, 0.15) is 10.4 Å². The van der Waals surface area contributed by atoms with E-state index in [1.54, 1.807) is 24.1 Å². The Balaban J connectivity index is 2.35. The molecule has 1 heterocycles. The average molecular weight is 281 g/mol. The van der Waals surface area contributed by atoms with E-state index in [-0.39, 0.29) is 17.3 Å². The van der Waals surface area contributed by atoms with Gasteiger partial charge in [-0.1, -0.05) is 6.07 Å². The van der Waals surface area contributed by atoms with E-state index in [9.17, 15) is 14.9 Å². The van der Waals surface area contributed by atoms with Gasteiger partial charge in [0, 0.05) is 37.7 Å². The van der Waals surface area contributed by atoms with Gasteiger partial charge >= 0.3 is 0 Å². The fourth-order valence-electron chi connectivity index (χ4n) is 2.07. The Morgan fingerprint density at radius 1 is 1.42 bits per heavy atom. The molecule has 0 radical (unpaired) electrons. The first-order valence-corrected chi connectivity index (χ1v) is 7.13. The lowest BCUT2D eigenvalue weighted by Crippen LogP contribution is -2.38. The number of carbonyl (C=O) groups excluding carboxylic acids is 1. The Morgan fingerprint density at radius 3 is 2.68 bits per heavy atom. The molecule has 1 aromatic carbocycles. The number of para-hydroxylation sites is 1. The molecule has 0 unspecified atom stereocenters. The second-order valence-electron chi connectivity index (χ2n) is 4.11. The molecule has 1 saturated heterocycles. The van der Waals surface area contributed by atoms with Crippen LogP contribution in [0.5, 0.6) is 0 Å². The maximum Gasteiger partial charge on any atom is 0.293 e. The molecule has 6 nitrogen and oxygen atoms in total. The van der Waals surface area contributed by atoms with Crippen molar-refractivity contribution in [2.45, 2.75) is 0 Å². The molecular formula is C12H15N3O3S. The van der Waals surface area contributed by atoms with E-state index in [4.69, 9.17) is 0 Å². The van der Waals surface area contributed by atoms with Crippen molar-refractivity contribution < 1.29 is 9.72 Å². The minimum Gasteiger partial charge on any atom is -0.382 e. The van der Waals surface area contributed by atoms with Crippen LogP contribution < -0.4 is 5.32 Å². The van der Waals surface area contributed by atoms with Gasteiger partial charge in [-0.2, -0.15) is 11.8 Å². The number of rotatable bonds is 3. The molecule has 7 heteroatoms. The van der Waals surface area contributed by atoms with Gasteiger partial charge in [-0.3, -0.25) is 14.9 Å². The summed E-state index contributed by atoms with van der Waals surface area (Å²) in [5.41, 5.74) is 0.582. The third-order valence-corrected chi connectivity index (χ3v) is 3.96. The lowest BCUT2D eigenvalue weighted by molar-refractivity contribution is -0.384. The first-order chi connectivity index (χ1) is 9.15. The Kier molecular flexibility index (Phi) is 4.26. The number of nitro groups is 1. The minimum absolute atomic E-state index is 0.0697. The number of nitrogens with zero attached hydrogens (tertiary/aromatic N) is 2. The van der Waals surface area contributed by atoms with Gasteiger partial charge in [-0.05, 0) is 6.07 Å². The van der Waals surface area contributed by atoms with E-state index in [2.05, 4.69) is 5.32 Å². The molecule has 0 aromatic heterocycles. The van der Waals surface area contributed by atoms with Gasteiger partial charge in [0.15, 0.2) is 0 Å². The zero-order valence-corrected chi connectivity index (χ0v) is 11.4. The molecule has 102 valence electrons. The van der Waals surface area contributed by atoms with Gasteiger partial charge in [0.05, 0.1) is 10.5 Å². The SMILES string of the molecule is CNc1c(C(=O)N2CCSCC2)cccc1[N+](=O)[O-]. The number of nitrogens with one attached hydrogen (secondary N) is 1. The van der Waals surface area contributed by atoms with Crippen LogP contribution in [0.15, 0.2) is 18.2 Å². The summed E-state index contributed by atoms with van der Waals surface area (Å²) in [4.78, 5) is 24.6. The number of nitro benzene ring substituents is 1. The summed E-state index contributed by atoms with van der Waals surface area (Å²) in [5.74, 6) is 1.68. The quantitative estimate of drug-likeness (QED) is 0.675. The molecular weight excluding hydrogens is 266 g/mol. The Bertz CT molecular complexity index is 501. The van der Waals surface area contributed by atoms with Crippen LogP contribution in [0.2, 0.25) is 0 Å². The second kappa shape index (κ2) is 5.92. The number of hydrogen-bond acceptors (Lipinski definition) is 5. The van der Waals surface area contributed by atoms with E-state index in [1.807, 2.05) is 11.8 Å². The zero-order valence-electron chi connectivity index (χ0n) is 10.6. The molecule has 1 aliphatic heterocycles. The first-order valence-electron chi connectivity index (χ1n) is 5.97. The van der Waals surface area contributed by atoms with Crippen molar-refractivity contribution in [2.24, 2.45) is 0 Å². The third-order valence-electron chi connectivity index (χ3n) is 3.02. The number of carbonyl (C=O) groups is 1. The normalized spacial score (nSPS) is 15.1. The van der Waals surface area contributed by atoms with Crippen molar-refractivity contribution >= 4 is 29.0 Å². The van der Waals surface area contributed by atoms with Gasteiger partial charge in [0.25, 0.3) is 11.6 Å². The fourth-order valence-corrected chi connectivity index (χ4v) is 2.97. The van der Waals surface area contributed by atoms with Crippen molar-refractivity contribution in [3.8, 4) is 0 Å². The molecule has 0 bridgehead atoms. The molecule has 1 amide bonds. The molecule has 1 N–H and O–H groups in total. The number of thioether (sulfide) groups is 1. The van der Waals surface area contributed by atoms with Gasteiger partial charge in [-0.15, -0.1) is 0 Å². The van der Waals surface area contributed by atoms with Gasteiger partial charge < -0.3 is 10.2 Å². The molecule has 0 saturated carbocycles. The van der Waals surface area contributed by atoms with Gasteiger partial charge in [0.2, 0.25) is 0 Å². The highest BCUT2D eigenvalue weighted by Gasteiger charge is 2.25. The highest BCUT2D eigenvalue weighted by atomic mass is 32.2.